The molecule has 9 nitrogen and oxygen atoms in total. The van der Waals surface area contributed by atoms with E-state index >= 15 is 0 Å². The van der Waals surface area contributed by atoms with Crippen LogP contribution in [0.1, 0.15) is 28.8 Å². The fraction of sp³-hybridized carbons (Fsp3) is 0.267. The molecule has 7 rings (SSSR count). The van der Waals surface area contributed by atoms with Crippen molar-refractivity contribution in [2.45, 2.75) is 18.3 Å². The fourth-order valence-corrected chi connectivity index (χ4v) is 7.04. The van der Waals surface area contributed by atoms with E-state index < -0.39 is 5.41 Å². The van der Waals surface area contributed by atoms with Crippen molar-refractivity contribution in [3.63, 3.8) is 0 Å². The number of fused-ring (bicyclic) bond motifs is 4. The van der Waals surface area contributed by atoms with Gasteiger partial charge in [0.2, 0.25) is 11.8 Å². The van der Waals surface area contributed by atoms with Gasteiger partial charge in [0, 0.05) is 39.8 Å². The summed E-state index contributed by atoms with van der Waals surface area (Å²) in [5.74, 6) is 0.359. The lowest BCUT2D eigenvalue weighted by Gasteiger charge is -2.39. The molecule has 3 aliphatic rings. The number of likely N-dealkylation sites (tertiary alicyclic amines) is 1. The van der Waals surface area contributed by atoms with Crippen molar-refractivity contribution in [2.75, 3.05) is 42.6 Å². The predicted octanol–water partition coefficient (Wildman–Crippen LogP) is 4.27. The minimum Gasteiger partial charge on any atom is -0.490 e. The van der Waals surface area contributed by atoms with E-state index in [0.29, 0.717) is 50.4 Å². The maximum absolute atomic E-state index is 14.2. The van der Waals surface area contributed by atoms with Crippen LogP contribution in [0.5, 0.6) is 5.75 Å². The number of aromatic amines is 1. The highest BCUT2D eigenvalue weighted by atomic mass is 79.9. The number of carbonyl (C=O) groups excluding carboxylic acids is 3. The van der Waals surface area contributed by atoms with Crippen molar-refractivity contribution < 1.29 is 19.1 Å². The Morgan fingerprint density at radius 1 is 1.00 bits per heavy atom. The number of rotatable bonds is 3. The van der Waals surface area contributed by atoms with Gasteiger partial charge in [-0.2, -0.15) is 5.10 Å². The summed E-state index contributed by atoms with van der Waals surface area (Å²) in [5, 5.41) is 7.83. The van der Waals surface area contributed by atoms with Gasteiger partial charge in [-0.25, -0.2) is 0 Å². The van der Waals surface area contributed by atoms with Gasteiger partial charge in [-0.1, -0.05) is 34.1 Å². The number of amides is 3. The monoisotopic (exact) mass is 599 g/mol. The third-order valence-electron chi connectivity index (χ3n) is 8.33. The van der Waals surface area contributed by atoms with E-state index in [0.717, 1.165) is 32.3 Å². The molecule has 3 amide bonds. The topological polar surface area (TPSA) is 98.8 Å². The van der Waals surface area contributed by atoms with Crippen molar-refractivity contribution >= 4 is 55.9 Å². The van der Waals surface area contributed by atoms with Crippen LogP contribution in [-0.4, -0.2) is 65.6 Å². The molecule has 1 spiro atoms. The number of nitrogens with zero attached hydrogens (tertiary/aromatic N) is 4. The molecular formula is C30H26BrN5O4. The fourth-order valence-electron chi connectivity index (χ4n) is 6.31. The first-order valence-corrected chi connectivity index (χ1v) is 14.1. The molecular weight excluding hydrogens is 574 g/mol. The van der Waals surface area contributed by atoms with E-state index in [1.54, 1.807) is 22.1 Å². The highest BCUT2D eigenvalue weighted by molar-refractivity contribution is 9.10. The molecule has 0 saturated carbocycles. The molecule has 0 unspecified atom stereocenters. The molecule has 1 fully saturated rings. The number of carbonyl (C=O) groups is 3. The normalized spacial score (nSPS) is 17.6. The summed E-state index contributed by atoms with van der Waals surface area (Å²) in [6, 6.07) is 18.7. The van der Waals surface area contributed by atoms with Crippen LogP contribution in [0.25, 0.3) is 10.9 Å². The van der Waals surface area contributed by atoms with Gasteiger partial charge in [-0.15, -0.1) is 0 Å². The number of H-pyrrole nitrogens is 1. The van der Waals surface area contributed by atoms with Gasteiger partial charge >= 0.3 is 0 Å². The molecule has 202 valence electrons. The first-order chi connectivity index (χ1) is 19.5. The molecule has 1 aromatic heterocycles. The van der Waals surface area contributed by atoms with Crippen LogP contribution < -0.4 is 14.5 Å². The zero-order valence-electron chi connectivity index (χ0n) is 21.6. The number of hydrogen-bond acceptors (Lipinski definition) is 5. The van der Waals surface area contributed by atoms with Crippen molar-refractivity contribution in [3.8, 4) is 5.75 Å². The van der Waals surface area contributed by atoms with Gasteiger partial charge in [-0.05, 0) is 55.3 Å². The van der Waals surface area contributed by atoms with Crippen LogP contribution in [0.15, 0.2) is 71.3 Å². The van der Waals surface area contributed by atoms with E-state index in [1.165, 1.54) is 0 Å². The van der Waals surface area contributed by atoms with Gasteiger partial charge in [0.1, 0.15) is 18.9 Å². The summed E-state index contributed by atoms with van der Waals surface area (Å²) in [7, 11) is 0. The van der Waals surface area contributed by atoms with Gasteiger partial charge in [0.05, 0.1) is 29.4 Å². The van der Waals surface area contributed by atoms with E-state index in [1.807, 2.05) is 59.5 Å². The summed E-state index contributed by atoms with van der Waals surface area (Å²) in [6.07, 6.45) is 2.66. The molecule has 3 aromatic carbocycles. The second-order valence-electron chi connectivity index (χ2n) is 10.4. The summed E-state index contributed by atoms with van der Waals surface area (Å²) in [5.41, 5.74) is 3.05. The van der Waals surface area contributed by atoms with Gasteiger partial charge in [0.25, 0.3) is 5.91 Å². The predicted molar refractivity (Wildman–Crippen MR) is 154 cm³/mol. The number of hydrogen-bond donors (Lipinski definition) is 1. The number of ether oxygens (including phenoxy) is 1. The number of anilines is 2. The van der Waals surface area contributed by atoms with Crippen LogP contribution in [-0.2, 0) is 15.0 Å². The lowest BCUT2D eigenvalue weighted by atomic mass is 9.73. The third kappa shape index (κ3) is 3.81. The molecule has 1 N–H and O–H groups in total. The molecule has 0 aliphatic carbocycles. The van der Waals surface area contributed by atoms with Gasteiger partial charge in [-0.3, -0.25) is 19.5 Å². The zero-order chi connectivity index (χ0) is 27.4. The largest absolute Gasteiger partial charge is 0.490 e. The molecule has 40 heavy (non-hydrogen) atoms. The summed E-state index contributed by atoms with van der Waals surface area (Å²) >= 11 is 3.70. The number of aromatic nitrogens is 2. The Hall–Kier alpha value is -4.18. The minimum absolute atomic E-state index is 0.0613. The molecule has 3 aliphatic heterocycles. The van der Waals surface area contributed by atoms with Gasteiger partial charge in [0.15, 0.2) is 0 Å². The van der Waals surface area contributed by atoms with Crippen molar-refractivity contribution in [1.82, 2.24) is 15.1 Å². The second-order valence-corrected chi connectivity index (χ2v) is 11.3. The quantitative estimate of drug-likeness (QED) is 0.379. The minimum atomic E-state index is -0.802. The van der Waals surface area contributed by atoms with Gasteiger partial charge < -0.3 is 19.4 Å². The molecule has 0 atom stereocenters. The lowest BCUT2D eigenvalue weighted by molar-refractivity contribution is -0.126. The van der Waals surface area contributed by atoms with Crippen molar-refractivity contribution in [3.05, 3.63) is 82.5 Å². The van der Waals surface area contributed by atoms with E-state index in [-0.39, 0.29) is 24.3 Å². The van der Waals surface area contributed by atoms with Crippen LogP contribution in [0, 0.1) is 0 Å². The van der Waals surface area contributed by atoms with Crippen LogP contribution in [0.3, 0.4) is 0 Å². The number of halogens is 1. The smallest absolute Gasteiger partial charge is 0.253 e. The second kappa shape index (κ2) is 9.48. The van der Waals surface area contributed by atoms with E-state index in [9.17, 15) is 14.4 Å². The highest BCUT2D eigenvalue weighted by Gasteiger charge is 2.54. The summed E-state index contributed by atoms with van der Waals surface area (Å²) in [4.78, 5) is 46.3. The third-order valence-corrected chi connectivity index (χ3v) is 8.99. The van der Waals surface area contributed by atoms with Crippen LogP contribution in [0.4, 0.5) is 11.4 Å². The zero-order valence-corrected chi connectivity index (χ0v) is 23.2. The Labute approximate surface area is 238 Å². The van der Waals surface area contributed by atoms with Crippen molar-refractivity contribution in [2.24, 2.45) is 0 Å². The number of nitrogens with one attached hydrogen (secondary N) is 1. The maximum atomic E-state index is 14.2. The van der Waals surface area contributed by atoms with Crippen LogP contribution in [0.2, 0.25) is 0 Å². The highest BCUT2D eigenvalue weighted by Crippen LogP contribution is 2.51. The maximum Gasteiger partial charge on any atom is 0.253 e. The Morgan fingerprint density at radius 3 is 2.65 bits per heavy atom. The van der Waals surface area contributed by atoms with E-state index in [4.69, 9.17) is 4.74 Å². The first-order valence-electron chi connectivity index (χ1n) is 13.3. The number of para-hydroxylation sites is 2. The van der Waals surface area contributed by atoms with E-state index in [2.05, 4.69) is 26.1 Å². The standard InChI is InChI=1S/C30H26BrN5O4/c31-21-4-3-6-24-27(21)30(10-12-34(13-11-30)28(38)19-8-9-22-20(16-19)17-32-33-22)29(39)36(24)18-26(37)35-14-15-40-25-7-2-1-5-23(25)35/h1-9,16-17H,10-15,18H2,(H,32,33). The Morgan fingerprint density at radius 2 is 1.80 bits per heavy atom. The Bertz CT molecular complexity index is 1680. The van der Waals surface area contributed by atoms with Crippen LogP contribution >= 0.6 is 15.9 Å². The number of benzene rings is 3. The SMILES string of the molecule is O=C(c1ccc2[nH]ncc2c1)N1CCC2(CC1)C(=O)N(CC(=O)N1CCOc3ccccc31)c1cccc(Br)c12. The Kier molecular flexibility index (Phi) is 5.88. The molecule has 0 bridgehead atoms. The average molecular weight is 600 g/mol. The van der Waals surface area contributed by atoms with Crippen molar-refractivity contribution in [1.29, 1.82) is 0 Å². The molecule has 4 heterocycles. The average Bonchev–Trinajstić information content (AvgIpc) is 3.54. The lowest BCUT2D eigenvalue weighted by Crippen LogP contribution is -2.52. The molecule has 1 saturated heterocycles. The molecule has 4 aromatic rings. The number of piperidine rings is 1. The first kappa shape index (κ1) is 24.8. The molecule has 10 heteroatoms. The summed E-state index contributed by atoms with van der Waals surface area (Å²) < 4.78 is 6.56. The molecule has 0 radical (unpaired) electrons. The Balaban J connectivity index is 1.14. The summed E-state index contributed by atoms with van der Waals surface area (Å²) in [6.45, 7) is 1.64.